The number of amides is 2. The first-order valence-electron chi connectivity index (χ1n) is 8.72. The Hall–Kier alpha value is -2.52. The van der Waals surface area contributed by atoms with Crippen molar-refractivity contribution >= 4 is 39.3 Å². The Kier molecular flexibility index (Phi) is 5.95. The van der Waals surface area contributed by atoms with Gasteiger partial charge in [0.15, 0.2) is 0 Å². The van der Waals surface area contributed by atoms with Crippen molar-refractivity contribution in [2.45, 2.75) is 22.6 Å². The molecule has 0 aliphatic carbocycles. The highest BCUT2D eigenvalue weighted by molar-refractivity contribution is 7.98. The van der Waals surface area contributed by atoms with Crippen LogP contribution in [0.5, 0.6) is 0 Å². The maximum Gasteiger partial charge on any atom is 0.261 e. The number of nitrogens with one attached hydrogen (secondary N) is 1. The topological polar surface area (TPSA) is 110 Å². The minimum Gasteiger partial charge on any atom is -0.366 e. The van der Waals surface area contributed by atoms with Crippen LogP contribution in [0.3, 0.4) is 0 Å². The summed E-state index contributed by atoms with van der Waals surface area (Å²) < 4.78 is 28.2. The van der Waals surface area contributed by atoms with E-state index in [9.17, 15) is 18.0 Å². The highest BCUT2D eigenvalue weighted by Gasteiger charge is 2.25. The summed E-state index contributed by atoms with van der Waals surface area (Å²) >= 11 is 1.39. The van der Waals surface area contributed by atoms with Gasteiger partial charge in [0.25, 0.3) is 21.8 Å². The molecule has 1 aliphatic rings. The summed E-state index contributed by atoms with van der Waals surface area (Å²) in [5, 5.41) is 0. The third-order valence-electron chi connectivity index (χ3n) is 4.54. The van der Waals surface area contributed by atoms with E-state index in [1.165, 1.54) is 36.0 Å². The number of anilines is 1. The zero-order valence-electron chi connectivity index (χ0n) is 15.3. The van der Waals surface area contributed by atoms with Gasteiger partial charge in [-0.3, -0.25) is 14.3 Å². The van der Waals surface area contributed by atoms with Crippen molar-refractivity contribution < 1.29 is 18.0 Å². The zero-order valence-corrected chi connectivity index (χ0v) is 17.0. The second kappa shape index (κ2) is 8.24. The minimum atomic E-state index is -4.01. The van der Waals surface area contributed by atoms with E-state index in [0.29, 0.717) is 23.5 Å². The fraction of sp³-hybridized carbons (Fsp3) is 0.263. The number of benzene rings is 2. The Morgan fingerprint density at radius 1 is 1.07 bits per heavy atom. The van der Waals surface area contributed by atoms with E-state index >= 15 is 0 Å². The van der Waals surface area contributed by atoms with Gasteiger partial charge in [-0.05, 0) is 49.4 Å². The predicted molar refractivity (Wildman–Crippen MR) is 109 cm³/mol. The van der Waals surface area contributed by atoms with Crippen LogP contribution < -0.4 is 10.5 Å². The molecule has 0 spiro atoms. The van der Waals surface area contributed by atoms with Crippen LogP contribution in [0.1, 0.15) is 33.6 Å². The standard InChI is InChI=1S/C19H21N3O4S2/c1-27-17-9-8-13(12-15(17)19(24)22-10-4-5-11-22)28(25,26)21-16-7-3-2-6-14(16)18(20)23/h2-3,6-9,12,21H,4-5,10-11H2,1H3,(H2,20,23). The number of primary amides is 1. The van der Waals surface area contributed by atoms with Crippen molar-refractivity contribution in [1.82, 2.24) is 4.90 Å². The van der Waals surface area contributed by atoms with Gasteiger partial charge in [0.1, 0.15) is 0 Å². The number of nitrogens with two attached hydrogens (primary N) is 1. The normalized spacial score (nSPS) is 14.1. The SMILES string of the molecule is CSc1ccc(S(=O)(=O)Nc2ccccc2C(N)=O)cc1C(=O)N1CCCC1. The minimum absolute atomic E-state index is 0.0490. The van der Waals surface area contributed by atoms with E-state index in [-0.39, 0.29) is 22.1 Å². The summed E-state index contributed by atoms with van der Waals surface area (Å²) in [5.41, 5.74) is 5.84. The highest BCUT2D eigenvalue weighted by atomic mass is 32.2. The van der Waals surface area contributed by atoms with Gasteiger partial charge in [-0.2, -0.15) is 0 Å². The van der Waals surface area contributed by atoms with E-state index in [4.69, 9.17) is 5.73 Å². The largest absolute Gasteiger partial charge is 0.366 e. The second-order valence-corrected chi connectivity index (χ2v) is 8.91. The van der Waals surface area contributed by atoms with Gasteiger partial charge in [-0.15, -0.1) is 11.8 Å². The first-order chi connectivity index (χ1) is 13.3. The summed E-state index contributed by atoms with van der Waals surface area (Å²) in [4.78, 5) is 26.8. The Balaban J connectivity index is 1.97. The van der Waals surface area contributed by atoms with Crippen LogP contribution in [0.4, 0.5) is 5.69 Å². The molecule has 28 heavy (non-hydrogen) atoms. The highest BCUT2D eigenvalue weighted by Crippen LogP contribution is 2.27. The molecule has 0 saturated carbocycles. The smallest absolute Gasteiger partial charge is 0.261 e. The lowest BCUT2D eigenvalue weighted by atomic mass is 10.2. The van der Waals surface area contributed by atoms with E-state index in [1.54, 1.807) is 23.1 Å². The Morgan fingerprint density at radius 3 is 2.39 bits per heavy atom. The number of rotatable bonds is 6. The van der Waals surface area contributed by atoms with Crippen LogP contribution in [-0.2, 0) is 10.0 Å². The van der Waals surface area contributed by atoms with Crippen molar-refractivity contribution in [3.8, 4) is 0 Å². The van der Waals surface area contributed by atoms with Crippen LogP contribution in [-0.4, -0.2) is 44.5 Å². The van der Waals surface area contributed by atoms with Gasteiger partial charge in [0.05, 0.1) is 21.7 Å². The van der Waals surface area contributed by atoms with E-state index in [2.05, 4.69) is 4.72 Å². The molecule has 3 rings (SSSR count). The molecule has 1 saturated heterocycles. The summed E-state index contributed by atoms with van der Waals surface area (Å²) in [6.07, 6.45) is 3.74. The molecule has 3 N–H and O–H groups in total. The molecule has 0 radical (unpaired) electrons. The molecule has 2 amide bonds. The van der Waals surface area contributed by atoms with Gasteiger partial charge < -0.3 is 10.6 Å². The monoisotopic (exact) mass is 419 g/mol. The molecule has 7 nitrogen and oxygen atoms in total. The maximum absolute atomic E-state index is 12.9. The number of para-hydroxylation sites is 1. The zero-order chi connectivity index (χ0) is 20.3. The molecule has 9 heteroatoms. The van der Waals surface area contributed by atoms with Gasteiger partial charge in [-0.1, -0.05) is 12.1 Å². The lowest BCUT2D eigenvalue weighted by Gasteiger charge is -2.18. The summed E-state index contributed by atoms with van der Waals surface area (Å²) in [6.45, 7) is 1.35. The molecular formula is C19H21N3O4S2. The van der Waals surface area contributed by atoms with Crippen LogP contribution in [0.2, 0.25) is 0 Å². The van der Waals surface area contributed by atoms with E-state index in [1.807, 2.05) is 6.26 Å². The van der Waals surface area contributed by atoms with Crippen molar-refractivity contribution in [1.29, 1.82) is 0 Å². The molecule has 1 fully saturated rings. The van der Waals surface area contributed by atoms with Crippen molar-refractivity contribution in [2.24, 2.45) is 5.73 Å². The second-order valence-electron chi connectivity index (χ2n) is 6.38. The molecule has 0 unspecified atom stereocenters. The molecule has 0 aromatic heterocycles. The number of hydrogen-bond donors (Lipinski definition) is 2. The number of carbonyl (C=O) groups is 2. The summed E-state index contributed by atoms with van der Waals surface area (Å²) in [7, 11) is -4.01. The van der Waals surface area contributed by atoms with Crippen LogP contribution >= 0.6 is 11.8 Å². The Morgan fingerprint density at radius 2 is 1.75 bits per heavy atom. The van der Waals surface area contributed by atoms with E-state index < -0.39 is 15.9 Å². The molecule has 0 atom stereocenters. The lowest BCUT2D eigenvalue weighted by Crippen LogP contribution is -2.28. The summed E-state index contributed by atoms with van der Waals surface area (Å²) in [5.74, 6) is -0.905. The molecule has 148 valence electrons. The quantitative estimate of drug-likeness (QED) is 0.699. The molecular weight excluding hydrogens is 398 g/mol. The Labute approximate surface area is 168 Å². The van der Waals surface area contributed by atoms with Crippen LogP contribution in [0.15, 0.2) is 52.3 Å². The number of sulfonamides is 1. The summed E-state index contributed by atoms with van der Waals surface area (Å²) in [6, 6.07) is 10.6. The molecule has 1 heterocycles. The molecule has 2 aromatic rings. The predicted octanol–water partition coefficient (Wildman–Crippen LogP) is 2.54. The first kappa shape index (κ1) is 20.2. The average molecular weight is 420 g/mol. The van der Waals surface area contributed by atoms with Crippen LogP contribution in [0.25, 0.3) is 0 Å². The fourth-order valence-electron chi connectivity index (χ4n) is 3.10. The number of nitrogens with zero attached hydrogens (tertiary/aromatic N) is 1. The molecule has 2 aromatic carbocycles. The number of likely N-dealkylation sites (tertiary alicyclic amines) is 1. The first-order valence-corrected chi connectivity index (χ1v) is 11.4. The number of carbonyl (C=O) groups excluding carboxylic acids is 2. The van der Waals surface area contributed by atoms with Gasteiger partial charge in [0.2, 0.25) is 0 Å². The van der Waals surface area contributed by atoms with Gasteiger partial charge >= 0.3 is 0 Å². The number of thioether (sulfide) groups is 1. The van der Waals surface area contributed by atoms with Crippen molar-refractivity contribution in [2.75, 3.05) is 24.1 Å². The van der Waals surface area contributed by atoms with Crippen molar-refractivity contribution in [3.63, 3.8) is 0 Å². The number of hydrogen-bond acceptors (Lipinski definition) is 5. The van der Waals surface area contributed by atoms with Gasteiger partial charge in [-0.25, -0.2) is 8.42 Å². The third kappa shape index (κ3) is 4.15. The van der Waals surface area contributed by atoms with Gasteiger partial charge in [0, 0.05) is 18.0 Å². The van der Waals surface area contributed by atoms with E-state index in [0.717, 1.165) is 12.8 Å². The molecule has 0 bridgehead atoms. The maximum atomic E-state index is 12.9. The Bertz CT molecular complexity index is 1020. The third-order valence-corrected chi connectivity index (χ3v) is 6.70. The van der Waals surface area contributed by atoms with Crippen LogP contribution in [0, 0.1) is 0 Å². The van der Waals surface area contributed by atoms with Crippen molar-refractivity contribution in [3.05, 3.63) is 53.6 Å². The fourth-order valence-corrected chi connectivity index (χ4v) is 4.78. The average Bonchev–Trinajstić information content (AvgIpc) is 3.21. The lowest BCUT2D eigenvalue weighted by molar-refractivity contribution is 0.0789. The molecule has 1 aliphatic heterocycles.